The molecule has 39 heavy (non-hydrogen) atoms. The number of carbonyl (C=O) groups excluding carboxylic acids is 2. The molecule has 1 N–H and O–H groups in total. The quantitative estimate of drug-likeness (QED) is 0.153. The molecular weight excluding hydrogens is 551 g/mol. The summed E-state index contributed by atoms with van der Waals surface area (Å²) in [6, 6.07) is 15.0. The molecule has 2 aromatic carbocycles. The van der Waals surface area contributed by atoms with Crippen molar-refractivity contribution in [3.05, 3.63) is 92.1 Å². The van der Waals surface area contributed by atoms with Crippen LogP contribution in [0.3, 0.4) is 0 Å². The fraction of sp³-hybridized carbons (Fsp3) is 0.250. The van der Waals surface area contributed by atoms with Crippen LogP contribution in [0.25, 0.3) is 0 Å². The minimum atomic E-state index is -0.856. The number of nitrogens with zero attached hydrogens (tertiary/aromatic N) is 5. The second-order valence-corrected chi connectivity index (χ2v) is 12.8. The van der Waals surface area contributed by atoms with Gasteiger partial charge in [0.1, 0.15) is 0 Å². The zero-order valence-corrected chi connectivity index (χ0v) is 24.6. The number of rotatable bonds is 8. The number of aryl methyl sites for hydroxylation is 3. The summed E-state index contributed by atoms with van der Waals surface area (Å²) in [5.74, 6) is -0.955. The summed E-state index contributed by atoms with van der Waals surface area (Å²) in [7, 11) is 3.88. The maximum atomic E-state index is 13.8. The van der Waals surface area contributed by atoms with Gasteiger partial charge in [-0.15, -0.1) is 21.5 Å². The van der Waals surface area contributed by atoms with Crippen LogP contribution in [0.2, 0.25) is 0 Å². The first-order valence-electron chi connectivity index (χ1n) is 12.2. The molecule has 11 heteroatoms. The van der Waals surface area contributed by atoms with Crippen molar-refractivity contribution in [2.24, 2.45) is 0 Å². The van der Waals surface area contributed by atoms with Gasteiger partial charge < -0.3 is 10.0 Å². The fourth-order valence-electron chi connectivity index (χ4n) is 4.36. The van der Waals surface area contributed by atoms with Crippen molar-refractivity contribution >= 4 is 56.9 Å². The molecule has 8 nitrogen and oxygen atoms in total. The zero-order valence-electron chi connectivity index (χ0n) is 22.1. The Bertz CT molecular complexity index is 1570. The lowest BCUT2D eigenvalue weighted by atomic mass is 9.95. The Balaban J connectivity index is 1.51. The molecule has 0 saturated carbocycles. The Labute approximate surface area is 239 Å². The molecule has 1 aliphatic heterocycles. The average Bonchev–Trinajstić information content (AvgIpc) is 3.59. The van der Waals surface area contributed by atoms with E-state index in [0.717, 1.165) is 16.3 Å². The average molecular weight is 578 g/mol. The van der Waals surface area contributed by atoms with Gasteiger partial charge in [-0.05, 0) is 44.0 Å². The largest absolute Gasteiger partial charge is 0.503 e. The van der Waals surface area contributed by atoms with E-state index in [2.05, 4.69) is 39.4 Å². The number of carbonyl (C=O) groups is 2. The monoisotopic (exact) mass is 577 g/mol. The number of benzene rings is 2. The highest BCUT2D eigenvalue weighted by Crippen LogP contribution is 2.44. The summed E-state index contributed by atoms with van der Waals surface area (Å²) in [4.78, 5) is 35.4. The van der Waals surface area contributed by atoms with Gasteiger partial charge in [0.05, 0.1) is 27.2 Å². The first-order chi connectivity index (χ1) is 18.6. The number of hydrogen-bond donors (Lipinski definition) is 1. The van der Waals surface area contributed by atoms with Crippen molar-refractivity contribution in [2.75, 3.05) is 23.9 Å². The van der Waals surface area contributed by atoms with Crippen LogP contribution in [-0.2, 0) is 10.5 Å². The molecule has 1 unspecified atom stereocenters. The fourth-order valence-corrected chi connectivity index (χ4v) is 7.05. The van der Waals surface area contributed by atoms with Crippen LogP contribution in [0.1, 0.15) is 43.1 Å². The van der Waals surface area contributed by atoms with Gasteiger partial charge in [-0.3, -0.25) is 14.5 Å². The van der Waals surface area contributed by atoms with Crippen LogP contribution in [0.5, 0.6) is 0 Å². The van der Waals surface area contributed by atoms with Crippen molar-refractivity contribution in [3.8, 4) is 0 Å². The molecule has 2 aromatic heterocycles. The number of aromatic nitrogens is 3. The molecular formula is C28H27N5O3S3. The smallest absolute Gasteiger partial charge is 0.296 e. The van der Waals surface area contributed by atoms with E-state index >= 15 is 0 Å². The van der Waals surface area contributed by atoms with Gasteiger partial charge in [-0.2, -0.15) is 0 Å². The van der Waals surface area contributed by atoms with Crippen LogP contribution >= 0.6 is 34.4 Å². The van der Waals surface area contributed by atoms with Crippen LogP contribution in [-0.4, -0.2) is 46.1 Å². The van der Waals surface area contributed by atoms with E-state index in [1.165, 1.54) is 44.9 Å². The van der Waals surface area contributed by atoms with E-state index in [9.17, 15) is 14.7 Å². The Kier molecular flexibility index (Phi) is 7.57. The van der Waals surface area contributed by atoms with E-state index in [4.69, 9.17) is 0 Å². The number of hydrogen-bond acceptors (Lipinski definition) is 10. The summed E-state index contributed by atoms with van der Waals surface area (Å²) in [5.41, 5.74) is 4.59. The van der Waals surface area contributed by atoms with Crippen LogP contribution in [0.4, 0.5) is 10.8 Å². The molecule has 200 valence electrons. The number of aliphatic hydroxyl groups is 1. The number of thiazole rings is 1. The first-order valence-corrected chi connectivity index (χ1v) is 14.8. The van der Waals surface area contributed by atoms with Crippen molar-refractivity contribution < 1.29 is 14.7 Å². The van der Waals surface area contributed by atoms with Gasteiger partial charge in [0.2, 0.25) is 10.9 Å². The molecule has 0 bridgehead atoms. The highest BCUT2D eigenvalue weighted by atomic mass is 32.2. The highest BCUT2D eigenvalue weighted by molar-refractivity contribution is 8.00. The molecule has 5 rings (SSSR count). The third-order valence-electron chi connectivity index (χ3n) is 6.37. The van der Waals surface area contributed by atoms with Gasteiger partial charge in [0.15, 0.2) is 10.1 Å². The van der Waals surface area contributed by atoms with E-state index in [0.29, 0.717) is 31.4 Å². The van der Waals surface area contributed by atoms with Gasteiger partial charge in [-0.25, -0.2) is 4.98 Å². The Hall–Kier alpha value is -3.54. The number of aliphatic hydroxyl groups excluding tert-OH is 1. The Morgan fingerprint density at radius 2 is 1.72 bits per heavy atom. The maximum absolute atomic E-state index is 13.8. The number of thioether (sulfide) groups is 1. The van der Waals surface area contributed by atoms with Crippen molar-refractivity contribution in [3.63, 3.8) is 0 Å². The van der Waals surface area contributed by atoms with Crippen molar-refractivity contribution in [2.45, 2.75) is 36.9 Å². The lowest BCUT2D eigenvalue weighted by molar-refractivity contribution is -0.117. The molecule has 0 fully saturated rings. The molecule has 0 radical (unpaired) electrons. The standard InChI is InChI=1S/C28H27N5O3S3/c1-15-6-8-18(9-7-15)14-37-28-31-30-27(39-28)33-22(19-10-12-20(13-11-19)32(4)5)21(24(35)26(33)36)23(34)25-16(2)29-17(3)38-25/h6-13,22,35H,14H2,1-5H3. The van der Waals surface area contributed by atoms with Crippen LogP contribution in [0, 0.1) is 20.8 Å². The number of anilines is 2. The predicted molar refractivity (Wildman–Crippen MR) is 157 cm³/mol. The third-order valence-corrected chi connectivity index (χ3v) is 9.57. The number of Topliss-reactive ketones (excluding diaryl/α,β-unsaturated/α-hetero) is 1. The number of amides is 1. The summed E-state index contributed by atoms with van der Waals surface area (Å²) in [6.45, 7) is 5.63. The normalized spacial score (nSPS) is 15.4. The lowest BCUT2D eigenvalue weighted by Gasteiger charge is -2.24. The van der Waals surface area contributed by atoms with Gasteiger partial charge in [0.25, 0.3) is 5.91 Å². The molecule has 1 amide bonds. The van der Waals surface area contributed by atoms with Crippen molar-refractivity contribution in [1.82, 2.24) is 15.2 Å². The summed E-state index contributed by atoms with van der Waals surface area (Å²) in [5, 5.41) is 20.7. The SMILES string of the molecule is Cc1ccc(CSc2nnc(N3C(=O)C(O)=C(C(=O)c4sc(C)nc4C)C3c3ccc(N(C)C)cc3)s2)cc1. The molecule has 1 aliphatic rings. The number of ketones is 1. The van der Waals surface area contributed by atoms with Gasteiger partial charge in [-0.1, -0.05) is 65.1 Å². The van der Waals surface area contributed by atoms with Gasteiger partial charge >= 0.3 is 0 Å². The maximum Gasteiger partial charge on any atom is 0.296 e. The van der Waals surface area contributed by atoms with E-state index < -0.39 is 23.5 Å². The molecule has 3 heterocycles. The summed E-state index contributed by atoms with van der Waals surface area (Å²) < 4.78 is 0.688. The second kappa shape index (κ2) is 10.9. The lowest BCUT2D eigenvalue weighted by Crippen LogP contribution is -2.31. The summed E-state index contributed by atoms with van der Waals surface area (Å²) in [6.07, 6.45) is 0. The zero-order chi connectivity index (χ0) is 27.8. The minimum Gasteiger partial charge on any atom is -0.503 e. The first kappa shape index (κ1) is 27.0. The second-order valence-electron chi connectivity index (χ2n) is 9.43. The Morgan fingerprint density at radius 1 is 1.03 bits per heavy atom. The molecule has 4 aromatic rings. The van der Waals surface area contributed by atoms with Crippen LogP contribution in [0.15, 0.2) is 64.2 Å². The third kappa shape index (κ3) is 5.34. The minimum absolute atomic E-state index is 0.0217. The van der Waals surface area contributed by atoms with Gasteiger partial charge in [0, 0.05) is 25.5 Å². The topological polar surface area (TPSA) is 99.5 Å². The van der Waals surface area contributed by atoms with E-state index in [-0.39, 0.29) is 5.57 Å². The van der Waals surface area contributed by atoms with Crippen LogP contribution < -0.4 is 9.80 Å². The Morgan fingerprint density at radius 3 is 2.33 bits per heavy atom. The molecule has 1 atom stereocenters. The molecule has 0 spiro atoms. The molecule has 0 saturated heterocycles. The molecule has 0 aliphatic carbocycles. The van der Waals surface area contributed by atoms with E-state index in [1.807, 2.05) is 57.1 Å². The predicted octanol–water partition coefficient (Wildman–Crippen LogP) is 6.06. The van der Waals surface area contributed by atoms with Crippen molar-refractivity contribution in [1.29, 1.82) is 0 Å². The summed E-state index contributed by atoms with van der Waals surface area (Å²) >= 11 is 4.04. The van der Waals surface area contributed by atoms with E-state index in [1.54, 1.807) is 6.92 Å². The highest BCUT2D eigenvalue weighted by Gasteiger charge is 2.46.